The molecule has 1 N–H and O–H groups in total. The first-order chi connectivity index (χ1) is 6.41. The van der Waals surface area contributed by atoms with Crippen molar-refractivity contribution in [2.75, 3.05) is 7.11 Å². The van der Waals surface area contributed by atoms with E-state index in [1.807, 2.05) is 26.8 Å². The van der Waals surface area contributed by atoms with E-state index in [4.69, 9.17) is 9.47 Å². The van der Waals surface area contributed by atoms with Crippen LogP contribution in [0.5, 0.6) is 0 Å². The van der Waals surface area contributed by atoms with Crippen molar-refractivity contribution in [1.82, 2.24) is 0 Å². The molecule has 3 unspecified atom stereocenters. The Balaban J connectivity index is 2.37. The van der Waals surface area contributed by atoms with Gasteiger partial charge in [-0.2, -0.15) is 0 Å². The summed E-state index contributed by atoms with van der Waals surface area (Å²) in [6, 6.07) is 0. The first-order valence-electron chi connectivity index (χ1n) is 5.01. The monoisotopic (exact) mass is 198 g/mol. The number of rotatable bonds is 1. The Morgan fingerprint density at radius 1 is 1.57 bits per heavy atom. The third-order valence-electron chi connectivity index (χ3n) is 3.47. The van der Waals surface area contributed by atoms with Crippen molar-refractivity contribution >= 4 is 0 Å². The molecule has 3 nitrogen and oxygen atoms in total. The molecule has 2 rings (SSSR count). The molecular formula is C11H18O3. The fourth-order valence-electron chi connectivity index (χ4n) is 2.49. The van der Waals surface area contributed by atoms with Crippen molar-refractivity contribution in [1.29, 1.82) is 0 Å². The van der Waals surface area contributed by atoms with Gasteiger partial charge in [-0.3, -0.25) is 0 Å². The quantitative estimate of drug-likeness (QED) is 0.648. The third kappa shape index (κ3) is 1.16. The Kier molecular flexibility index (Phi) is 2.04. The smallest absolute Gasteiger partial charge is 0.191 e. The number of hydrogen-bond acceptors (Lipinski definition) is 3. The van der Waals surface area contributed by atoms with Crippen molar-refractivity contribution in [2.24, 2.45) is 5.41 Å². The summed E-state index contributed by atoms with van der Waals surface area (Å²) in [5.41, 5.74) is 0.919. The normalized spacial score (nSPS) is 45.1. The lowest BCUT2D eigenvalue weighted by atomic mass is 9.77. The summed E-state index contributed by atoms with van der Waals surface area (Å²) in [5, 5.41) is 10.0. The minimum absolute atomic E-state index is 0.160. The molecule has 0 radical (unpaired) electrons. The van der Waals surface area contributed by atoms with E-state index < -0.39 is 11.9 Å². The van der Waals surface area contributed by atoms with Gasteiger partial charge in [-0.25, -0.2) is 0 Å². The van der Waals surface area contributed by atoms with Gasteiger partial charge in [-0.15, -0.1) is 0 Å². The topological polar surface area (TPSA) is 38.7 Å². The molecule has 2 bridgehead atoms. The molecule has 0 amide bonds. The molecule has 1 fully saturated rings. The Hall–Kier alpha value is -0.380. The van der Waals surface area contributed by atoms with E-state index in [1.165, 1.54) is 0 Å². The second-order valence-electron chi connectivity index (χ2n) is 5.00. The van der Waals surface area contributed by atoms with Gasteiger partial charge in [-0.05, 0) is 24.0 Å². The van der Waals surface area contributed by atoms with Gasteiger partial charge in [0.25, 0.3) is 0 Å². The van der Waals surface area contributed by atoms with E-state index in [-0.39, 0.29) is 11.5 Å². The van der Waals surface area contributed by atoms with E-state index in [0.29, 0.717) is 6.42 Å². The van der Waals surface area contributed by atoms with Crippen molar-refractivity contribution in [3.8, 4) is 0 Å². The number of hydrogen-bond donors (Lipinski definition) is 1. The van der Waals surface area contributed by atoms with Gasteiger partial charge in [0.2, 0.25) is 0 Å². The average molecular weight is 198 g/mol. The van der Waals surface area contributed by atoms with Gasteiger partial charge in [0.05, 0.1) is 6.10 Å². The highest BCUT2D eigenvalue weighted by Crippen LogP contribution is 2.49. The van der Waals surface area contributed by atoms with Crippen LogP contribution in [0.1, 0.15) is 27.2 Å². The second-order valence-corrected chi connectivity index (χ2v) is 5.00. The Bertz CT molecular complexity index is 282. The summed E-state index contributed by atoms with van der Waals surface area (Å²) in [6.45, 7) is 6.10. The van der Waals surface area contributed by atoms with Crippen molar-refractivity contribution in [3.63, 3.8) is 0 Å². The second kappa shape index (κ2) is 2.81. The van der Waals surface area contributed by atoms with Gasteiger partial charge >= 0.3 is 0 Å². The molecule has 0 spiro atoms. The van der Waals surface area contributed by atoms with Crippen LogP contribution in [-0.2, 0) is 9.47 Å². The Morgan fingerprint density at radius 2 is 2.21 bits per heavy atom. The first-order valence-corrected chi connectivity index (χ1v) is 5.01. The molecule has 3 atom stereocenters. The van der Waals surface area contributed by atoms with Gasteiger partial charge in [0, 0.05) is 13.5 Å². The van der Waals surface area contributed by atoms with Crippen LogP contribution in [0.2, 0.25) is 0 Å². The molecule has 14 heavy (non-hydrogen) atoms. The van der Waals surface area contributed by atoms with Gasteiger partial charge in [0.1, 0.15) is 6.10 Å². The molecule has 0 aromatic rings. The lowest BCUT2D eigenvalue weighted by Crippen LogP contribution is -2.52. The van der Waals surface area contributed by atoms with Crippen LogP contribution in [-0.4, -0.2) is 30.2 Å². The Labute approximate surface area is 84.7 Å². The lowest BCUT2D eigenvalue weighted by Gasteiger charge is -2.45. The molecule has 80 valence electrons. The van der Waals surface area contributed by atoms with Gasteiger partial charge < -0.3 is 14.6 Å². The van der Waals surface area contributed by atoms with Crippen LogP contribution in [0.15, 0.2) is 11.6 Å². The molecule has 1 saturated heterocycles. The molecule has 0 saturated carbocycles. The zero-order chi connectivity index (χ0) is 10.6. The maximum absolute atomic E-state index is 10.0. The maximum Gasteiger partial charge on any atom is 0.191 e. The summed E-state index contributed by atoms with van der Waals surface area (Å²) in [6.07, 6.45) is 2.03. The molecule has 2 aliphatic rings. The largest absolute Gasteiger partial charge is 0.390 e. The van der Waals surface area contributed by atoms with Crippen LogP contribution in [0.3, 0.4) is 0 Å². The highest BCUT2D eigenvalue weighted by Gasteiger charge is 2.55. The van der Waals surface area contributed by atoms with Crippen LogP contribution < -0.4 is 0 Å². The zero-order valence-corrected chi connectivity index (χ0v) is 9.20. The summed E-state index contributed by atoms with van der Waals surface area (Å²) in [5.74, 6) is -0.590. The predicted octanol–water partition coefficient (Wildman–Crippen LogP) is 1.47. The fraction of sp³-hybridized carbons (Fsp3) is 0.818. The number of aliphatic hydroxyl groups excluding tert-OH is 1. The number of aliphatic hydroxyl groups is 1. The molecule has 0 aromatic carbocycles. The van der Waals surface area contributed by atoms with Crippen LogP contribution in [0.4, 0.5) is 0 Å². The predicted molar refractivity (Wildman–Crippen MR) is 52.8 cm³/mol. The molecule has 2 heterocycles. The van der Waals surface area contributed by atoms with Crippen molar-refractivity contribution < 1.29 is 14.6 Å². The summed E-state index contributed by atoms with van der Waals surface area (Å²) in [4.78, 5) is 0. The highest BCUT2D eigenvalue weighted by molar-refractivity contribution is 5.25. The first kappa shape index (κ1) is 10.1. The summed E-state index contributed by atoms with van der Waals surface area (Å²) < 4.78 is 11.2. The molecule has 3 heteroatoms. The third-order valence-corrected chi connectivity index (χ3v) is 3.47. The van der Waals surface area contributed by atoms with Crippen LogP contribution in [0.25, 0.3) is 0 Å². The van der Waals surface area contributed by atoms with E-state index in [9.17, 15) is 5.11 Å². The van der Waals surface area contributed by atoms with E-state index in [0.717, 1.165) is 5.57 Å². The molecule has 2 aliphatic heterocycles. The van der Waals surface area contributed by atoms with E-state index in [2.05, 4.69) is 0 Å². The number of ether oxygens (including phenoxy) is 2. The van der Waals surface area contributed by atoms with Crippen molar-refractivity contribution in [3.05, 3.63) is 11.6 Å². The van der Waals surface area contributed by atoms with Gasteiger partial charge in [0.15, 0.2) is 5.79 Å². The number of methoxy groups -OCH3 is 1. The van der Waals surface area contributed by atoms with Crippen molar-refractivity contribution in [2.45, 2.75) is 45.2 Å². The van der Waals surface area contributed by atoms with Crippen LogP contribution >= 0.6 is 0 Å². The average Bonchev–Trinajstić information content (AvgIpc) is 2.38. The van der Waals surface area contributed by atoms with E-state index in [1.54, 1.807) is 7.11 Å². The Morgan fingerprint density at radius 3 is 2.79 bits per heavy atom. The zero-order valence-electron chi connectivity index (χ0n) is 9.20. The minimum atomic E-state index is -0.590. The summed E-state index contributed by atoms with van der Waals surface area (Å²) in [7, 11) is 1.66. The van der Waals surface area contributed by atoms with Gasteiger partial charge in [-0.1, -0.05) is 13.8 Å². The van der Waals surface area contributed by atoms with Crippen LogP contribution in [0, 0.1) is 5.41 Å². The van der Waals surface area contributed by atoms with E-state index >= 15 is 0 Å². The SMILES string of the molecule is COC12CC(C)(C)C(O)C(C=C1C)O2. The highest BCUT2D eigenvalue weighted by atomic mass is 16.7. The minimum Gasteiger partial charge on any atom is -0.390 e. The molecule has 0 aliphatic carbocycles. The standard InChI is InChI=1S/C11H18O3/c1-7-5-8-9(12)10(2,3)6-11(7,13-4)14-8/h5,8-9,12H,6H2,1-4H3. The summed E-state index contributed by atoms with van der Waals surface area (Å²) >= 11 is 0. The maximum atomic E-state index is 10.0. The molecule has 0 aromatic heterocycles. The fourth-order valence-corrected chi connectivity index (χ4v) is 2.49. The molecular weight excluding hydrogens is 180 g/mol. The lowest BCUT2D eigenvalue weighted by molar-refractivity contribution is -0.273. The number of fused-ring (bicyclic) bond motifs is 2.